The second-order valence-corrected chi connectivity index (χ2v) is 4.67. The van der Waals surface area contributed by atoms with Crippen LogP contribution in [-0.4, -0.2) is 32.3 Å². The van der Waals surface area contributed by atoms with Gasteiger partial charge in [0.05, 0.1) is 7.11 Å². The number of carbonyl (C=O) groups is 1. The highest BCUT2D eigenvalue weighted by atomic mass is 16.5. The molecule has 0 aliphatic rings. The number of likely N-dealkylation sites (N-methyl/N-ethyl adjacent to an activating group) is 1. The average Bonchev–Trinajstić information content (AvgIpc) is 2.42. The predicted octanol–water partition coefficient (Wildman–Crippen LogP) is 2.34. The number of benzene rings is 1. The maximum atomic E-state index is 11.5. The van der Waals surface area contributed by atoms with Crippen LogP contribution in [-0.2, 0) is 9.53 Å². The van der Waals surface area contributed by atoms with Gasteiger partial charge < -0.3 is 14.8 Å². The highest BCUT2D eigenvalue weighted by molar-refractivity contribution is 5.75. The van der Waals surface area contributed by atoms with Gasteiger partial charge in [0.15, 0.2) is 0 Å². The molecule has 0 bridgehead atoms. The standard InChI is InChI=1S/C15H23NO3/c1-5-16-14(15(17)18-4)10-19-13-8-6-7-12(9-13)11(2)3/h6-9,11,14,16H,5,10H2,1-4H3. The van der Waals surface area contributed by atoms with Gasteiger partial charge in [0.2, 0.25) is 0 Å². The third-order valence-electron chi connectivity index (χ3n) is 2.88. The Hall–Kier alpha value is -1.55. The van der Waals surface area contributed by atoms with Gasteiger partial charge in [0.1, 0.15) is 18.4 Å². The first-order valence-corrected chi connectivity index (χ1v) is 6.62. The van der Waals surface area contributed by atoms with Crippen LogP contribution < -0.4 is 10.1 Å². The van der Waals surface area contributed by atoms with Crippen molar-refractivity contribution >= 4 is 5.97 Å². The number of hydrogen-bond acceptors (Lipinski definition) is 4. The Morgan fingerprint density at radius 2 is 2.11 bits per heavy atom. The van der Waals surface area contributed by atoms with Crippen molar-refractivity contribution in [1.29, 1.82) is 0 Å². The summed E-state index contributed by atoms with van der Waals surface area (Å²) in [4.78, 5) is 11.5. The predicted molar refractivity (Wildman–Crippen MR) is 75.5 cm³/mol. The fourth-order valence-corrected chi connectivity index (χ4v) is 1.74. The Balaban J connectivity index is 2.63. The van der Waals surface area contributed by atoms with Gasteiger partial charge in [-0.2, -0.15) is 0 Å². The van der Waals surface area contributed by atoms with Crippen LogP contribution in [0.1, 0.15) is 32.3 Å². The molecule has 1 N–H and O–H groups in total. The van der Waals surface area contributed by atoms with Gasteiger partial charge >= 0.3 is 5.97 Å². The van der Waals surface area contributed by atoms with E-state index in [4.69, 9.17) is 9.47 Å². The van der Waals surface area contributed by atoms with Crippen molar-refractivity contribution in [1.82, 2.24) is 5.32 Å². The third kappa shape index (κ3) is 4.91. The lowest BCUT2D eigenvalue weighted by Crippen LogP contribution is -2.42. The molecule has 1 aromatic carbocycles. The molecule has 106 valence electrons. The van der Waals surface area contributed by atoms with Crippen molar-refractivity contribution in [3.8, 4) is 5.75 Å². The molecule has 1 aromatic rings. The van der Waals surface area contributed by atoms with Crippen LogP contribution in [0.4, 0.5) is 0 Å². The Labute approximate surface area is 115 Å². The topological polar surface area (TPSA) is 47.6 Å². The molecular weight excluding hydrogens is 242 g/mol. The van der Waals surface area contributed by atoms with E-state index in [9.17, 15) is 4.79 Å². The van der Waals surface area contributed by atoms with E-state index in [0.717, 1.165) is 5.75 Å². The number of carbonyl (C=O) groups excluding carboxylic acids is 1. The molecule has 0 fully saturated rings. The summed E-state index contributed by atoms with van der Waals surface area (Å²) < 4.78 is 10.4. The van der Waals surface area contributed by atoms with Crippen molar-refractivity contribution in [2.45, 2.75) is 32.7 Å². The maximum Gasteiger partial charge on any atom is 0.326 e. The molecular formula is C15H23NO3. The van der Waals surface area contributed by atoms with Gasteiger partial charge in [-0.15, -0.1) is 0 Å². The molecule has 0 saturated carbocycles. The molecule has 0 aliphatic carbocycles. The lowest BCUT2D eigenvalue weighted by molar-refractivity contribution is -0.143. The highest BCUT2D eigenvalue weighted by Gasteiger charge is 2.18. The van der Waals surface area contributed by atoms with Crippen molar-refractivity contribution in [2.24, 2.45) is 0 Å². The van der Waals surface area contributed by atoms with Crippen LogP contribution in [0, 0.1) is 0 Å². The molecule has 0 saturated heterocycles. The molecule has 0 amide bonds. The molecule has 4 nitrogen and oxygen atoms in total. The first-order chi connectivity index (χ1) is 9.08. The number of esters is 1. The maximum absolute atomic E-state index is 11.5. The largest absolute Gasteiger partial charge is 0.491 e. The number of ether oxygens (including phenoxy) is 2. The summed E-state index contributed by atoms with van der Waals surface area (Å²) in [6.07, 6.45) is 0. The minimum absolute atomic E-state index is 0.266. The summed E-state index contributed by atoms with van der Waals surface area (Å²) in [5, 5.41) is 3.04. The molecule has 4 heteroatoms. The molecule has 1 atom stereocenters. The van der Waals surface area contributed by atoms with Crippen molar-refractivity contribution in [3.05, 3.63) is 29.8 Å². The Bertz CT molecular complexity index is 404. The minimum atomic E-state index is -0.433. The van der Waals surface area contributed by atoms with E-state index in [1.54, 1.807) is 0 Å². The van der Waals surface area contributed by atoms with Gasteiger partial charge in [0.25, 0.3) is 0 Å². The van der Waals surface area contributed by atoms with E-state index in [1.165, 1.54) is 12.7 Å². The number of nitrogens with one attached hydrogen (secondary N) is 1. The van der Waals surface area contributed by atoms with E-state index in [0.29, 0.717) is 12.5 Å². The molecule has 0 heterocycles. The third-order valence-corrected chi connectivity index (χ3v) is 2.88. The van der Waals surface area contributed by atoms with Gasteiger partial charge in [-0.05, 0) is 30.2 Å². The minimum Gasteiger partial charge on any atom is -0.491 e. The molecule has 1 unspecified atom stereocenters. The number of methoxy groups -OCH3 is 1. The zero-order valence-corrected chi connectivity index (χ0v) is 12.1. The van der Waals surface area contributed by atoms with Crippen LogP contribution in [0.25, 0.3) is 0 Å². The first kappa shape index (κ1) is 15.5. The molecule has 0 spiro atoms. The first-order valence-electron chi connectivity index (χ1n) is 6.62. The molecule has 0 radical (unpaired) electrons. The Morgan fingerprint density at radius 3 is 2.68 bits per heavy atom. The average molecular weight is 265 g/mol. The van der Waals surface area contributed by atoms with Gasteiger partial charge in [-0.1, -0.05) is 32.9 Å². The van der Waals surface area contributed by atoms with E-state index in [2.05, 4.69) is 25.2 Å². The van der Waals surface area contributed by atoms with Crippen molar-refractivity contribution in [3.63, 3.8) is 0 Å². The molecule has 19 heavy (non-hydrogen) atoms. The van der Waals surface area contributed by atoms with Crippen LogP contribution in [0.5, 0.6) is 5.75 Å². The SMILES string of the molecule is CCNC(COc1cccc(C(C)C)c1)C(=O)OC. The van der Waals surface area contributed by atoms with Crippen molar-refractivity contribution in [2.75, 3.05) is 20.3 Å². The fourth-order valence-electron chi connectivity index (χ4n) is 1.74. The second-order valence-electron chi connectivity index (χ2n) is 4.67. The smallest absolute Gasteiger partial charge is 0.326 e. The summed E-state index contributed by atoms with van der Waals surface area (Å²) in [7, 11) is 1.38. The van der Waals surface area contributed by atoms with Crippen LogP contribution in [0.15, 0.2) is 24.3 Å². The quantitative estimate of drug-likeness (QED) is 0.769. The fraction of sp³-hybridized carbons (Fsp3) is 0.533. The van der Waals surface area contributed by atoms with E-state index in [-0.39, 0.29) is 12.6 Å². The monoisotopic (exact) mass is 265 g/mol. The number of rotatable bonds is 7. The van der Waals surface area contributed by atoms with Gasteiger partial charge in [-0.25, -0.2) is 0 Å². The van der Waals surface area contributed by atoms with Crippen LogP contribution in [0.3, 0.4) is 0 Å². The summed E-state index contributed by atoms with van der Waals surface area (Å²) >= 11 is 0. The molecule has 0 aliphatic heterocycles. The van der Waals surface area contributed by atoms with E-state index in [1.807, 2.05) is 25.1 Å². The molecule has 1 rings (SSSR count). The van der Waals surface area contributed by atoms with E-state index < -0.39 is 6.04 Å². The lowest BCUT2D eigenvalue weighted by atomic mass is 10.0. The number of hydrogen-bond donors (Lipinski definition) is 1. The lowest BCUT2D eigenvalue weighted by Gasteiger charge is -2.16. The van der Waals surface area contributed by atoms with E-state index >= 15 is 0 Å². The van der Waals surface area contributed by atoms with Gasteiger partial charge in [0, 0.05) is 0 Å². The summed E-state index contributed by atoms with van der Waals surface area (Å²) in [5.74, 6) is 0.925. The summed E-state index contributed by atoms with van der Waals surface area (Å²) in [5.41, 5.74) is 1.22. The Morgan fingerprint density at radius 1 is 1.37 bits per heavy atom. The normalized spacial score (nSPS) is 12.3. The van der Waals surface area contributed by atoms with Gasteiger partial charge in [-0.3, -0.25) is 4.79 Å². The zero-order chi connectivity index (χ0) is 14.3. The van der Waals surface area contributed by atoms with Crippen LogP contribution in [0.2, 0.25) is 0 Å². The Kier molecular flexibility index (Phi) is 6.36. The summed E-state index contributed by atoms with van der Waals surface area (Å²) in [6.45, 7) is 7.16. The highest BCUT2D eigenvalue weighted by Crippen LogP contribution is 2.20. The van der Waals surface area contributed by atoms with Crippen LogP contribution >= 0.6 is 0 Å². The second kappa shape index (κ2) is 7.79. The van der Waals surface area contributed by atoms with Crippen molar-refractivity contribution < 1.29 is 14.3 Å². The zero-order valence-electron chi connectivity index (χ0n) is 12.1. The summed E-state index contributed by atoms with van der Waals surface area (Å²) in [6, 6.07) is 7.50. The molecule has 0 aromatic heterocycles.